The number of carbonyl (C=O) groups is 1. The van der Waals surface area contributed by atoms with Gasteiger partial charge >= 0.3 is 0 Å². The Hall–Kier alpha value is -2.09. The third-order valence-corrected chi connectivity index (χ3v) is 3.59. The summed E-state index contributed by atoms with van der Waals surface area (Å²) < 4.78 is 5.66. The molecule has 0 aliphatic carbocycles. The highest BCUT2D eigenvalue weighted by Crippen LogP contribution is 2.20. The predicted octanol–water partition coefficient (Wildman–Crippen LogP) is 4.69. The lowest BCUT2D eigenvalue weighted by atomic mass is 10.0. The summed E-state index contributed by atoms with van der Waals surface area (Å²) in [5.74, 6) is 1.22. The minimum atomic E-state index is 0.0196. The maximum absolute atomic E-state index is 12.3. The van der Waals surface area contributed by atoms with Crippen molar-refractivity contribution in [3.05, 3.63) is 64.7 Å². The molecule has 0 radical (unpaired) electrons. The van der Waals surface area contributed by atoms with Gasteiger partial charge in [0.05, 0.1) is 0 Å². The highest BCUT2D eigenvalue weighted by molar-refractivity contribution is 5.98. The van der Waals surface area contributed by atoms with Crippen LogP contribution in [0.2, 0.25) is 0 Å². The Morgan fingerprint density at radius 2 is 1.86 bits per heavy atom. The number of ketones is 1. The van der Waals surface area contributed by atoms with E-state index in [1.165, 1.54) is 5.56 Å². The summed E-state index contributed by atoms with van der Waals surface area (Å²) in [6.07, 6.45) is 0. The lowest BCUT2D eigenvalue weighted by Gasteiger charge is -2.10. The van der Waals surface area contributed by atoms with Crippen molar-refractivity contribution in [1.82, 2.24) is 0 Å². The molecule has 2 rings (SSSR count). The van der Waals surface area contributed by atoms with Crippen LogP contribution in [0, 0.1) is 13.8 Å². The maximum atomic E-state index is 12.3. The lowest BCUT2D eigenvalue weighted by Crippen LogP contribution is -2.13. The van der Waals surface area contributed by atoms with Crippen LogP contribution in [0.15, 0.2) is 42.5 Å². The molecule has 0 saturated heterocycles. The zero-order valence-electron chi connectivity index (χ0n) is 13.1. The van der Waals surface area contributed by atoms with Crippen molar-refractivity contribution in [3.63, 3.8) is 0 Å². The number of benzene rings is 2. The second kappa shape index (κ2) is 6.57. The SMILES string of the molecule is Cc1ccc(C)c(C(=O)COc2cccc(C(C)C)c2)c1. The number of hydrogen-bond donors (Lipinski definition) is 0. The summed E-state index contributed by atoms with van der Waals surface area (Å²) in [6.45, 7) is 8.29. The molecule has 2 nitrogen and oxygen atoms in total. The molecule has 0 amide bonds. The Bertz CT molecular complexity index is 642. The largest absolute Gasteiger partial charge is 0.485 e. The molecule has 0 spiro atoms. The quantitative estimate of drug-likeness (QED) is 0.744. The Balaban J connectivity index is 2.07. The molecule has 2 aromatic rings. The normalized spacial score (nSPS) is 10.7. The maximum Gasteiger partial charge on any atom is 0.200 e. The molecule has 0 unspecified atom stereocenters. The number of ether oxygens (including phenoxy) is 1. The first-order chi connectivity index (χ1) is 9.97. The number of aryl methyl sites for hydroxylation is 2. The number of carbonyl (C=O) groups excluding carboxylic acids is 1. The first-order valence-corrected chi connectivity index (χ1v) is 7.30. The van der Waals surface area contributed by atoms with Gasteiger partial charge in [0.1, 0.15) is 5.75 Å². The molecule has 110 valence electrons. The van der Waals surface area contributed by atoms with E-state index in [1.54, 1.807) is 0 Å². The second-order valence-electron chi connectivity index (χ2n) is 5.76. The van der Waals surface area contributed by atoms with Crippen molar-refractivity contribution >= 4 is 5.78 Å². The van der Waals surface area contributed by atoms with Gasteiger partial charge in [0, 0.05) is 5.56 Å². The van der Waals surface area contributed by atoms with Gasteiger partial charge in [-0.05, 0) is 49.1 Å². The molecule has 0 heterocycles. The Morgan fingerprint density at radius 3 is 2.57 bits per heavy atom. The van der Waals surface area contributed by atoms with E-state index < -0.39 is 0 Å². The van der Waals surface area contributed by atoms with E-state index in [4.69, 9.17) is 4.74 Å². The predicted molar refractivity (Wildman–Crippen MR) is 86.3 cm³/mol. The average Bonchev–Trinajstić information content (AvgIpc) is 2.47. The van der Waals surface area contributed by atoms with E-state index in [0.717, 1.165) is 22.4 Å². The van der Waals surface area contributed by atoms with E-state index in [9.17, 15) is 4.79 Å². The van der Waals surface area contributed by atoms with Crippen LogP contribution in [0.4, 0.5) is 0 Å². The van der Waals surface area contributed by atoms with Gasteiger partial charge in [-0.3, -0.25) is 4.79 Å². The topological polar surface area (TPSA) is 26.3 Å². The summed E-state index contributed by atoms with van der Waals surface area (Å²) in [4.78, 5) is 12.3. The molecular weight excluding hydrogens is 260 g/mol. The van der Waals surface area contributed by atoms with Crippen LogP contribution in [0.25, 0.3) is 0 Å². The standard InChI is InChI=1S/C19H22O2/c1-13(2)16-6-5-7-17(11-16)21-12-19(20)18-10-14(3)8-9-15(18)4/h5-11,13H,12H2,1-4H3. The van der Waals surface area contributed by atoms with Gasteiger partial charge in [0.25, 0.3) is 0 Å². The summed E-state index contributed by atoms with van der Waals surface area (Å²) >= 11 is 0. The van der Waals surface area contributed by atoms with Crippen molar-refractivity contribution in [2.75, 3.05) is 6.61 Å². The van der Waals surface area contributed by atoms with Gasteiger partial charge in [-0.25, -0.2) is 0 Å². The van der Waals surface area contributed by atoms with Crippen molar-refractivity contribution in [2.45, 2.75) is 33.6 Å². The van der Waals surface area contributed by atoms with Gasteiger partial charge in [-0.15, -0.1) is 0 Å². The van der Waals surface area contributed by atoms with Gasteiger partial charge in [-0.1, -0.05) is 43.7 Å². The number of rotatable bonds is 5. The van der Waals surface area contributed by atoms with Gasteiger partial charge in [0.15, 0.2) is 12.4 Å². The van der Waals surface area contributed by atoms with E-state index in [1.807, 2.05) is 50.2 Å². The second-order valence-corrected chi connectivity index (χ2v) is 5.76. The van der Waals surface area contributed by atoms with Crippen LogP contribution in [-0.4, -0.2) is 12.4 Å². The number of Topliss-reactive ketones (excluding diaryl/α,β-unsaturated/α-hetero) is 1. The third kappa shape index (κ3) is 3.94. The van der Waals surface area contributed by atoms with Gasteiger partial charge < -0.3 is 4.74 Å². The first kappa shape index (κ1) is 15.3. The summed E-state index contributed by atoms with van der Waals surface area (Å²) in [5, 5.41) is 0. The summed E-state index contributed by atoms with van der Waals surface area (Å²) in [6, 6.07) is 13.8. The summed E-state index contributed by atoms with van der Waals surface area (Å²) in [7, 11) is 0. The Labute approximate surface area is 126 Å². The van der Waals surface area contributed by atoms with E-state index in [-0.39, 0.29) is 12.4 Å². The monoisotopic (exact) mass is 282 g/mol. The minimum absolute atomic E-state index is 0.0196. The van der Waals surface area contributed by atoms with Crippen molar-refractivity contribution in [1.29, 1.82) is 0 Å². The van der Waals surface area contributed by atoms with Crippen molar-refractivity contribution in [3.8, 4) is 5.75 Å². The fourth-order valence-corrected chi connectivity index (χ4v) is 2.23. The zero-order chi connectivity index (χ0) is 15.4. The van der Waals surface area contributed by atoms with Gasteiger partial charge in [0.2, 0.25) is 0 Å². The third-order valence-electron chi connectivity index (χ3n) is 3.59. The Kier molecular flexibility index (Phi) is 4.79. The first-order valence-electron chi connectivity index (χ1n) is 7.30. The summed E-state index contributed by atoms with van der Waals surface area (Å²) in [5.41, 5.74) is 4.04. The van der Waals surface area contributed by atoms with Crippen LogP contribution in [0.3, 0.4) is 0 Å². The molecule has 0 N–H and O–H groups in total. The van der Waals surface area contributed by atoms with E-state index in [2.05, 4.69) is 19.9 Å². The van der Waals surface area contributed by atoms with Crippen LogP contribution in [0.1, 0.15) is 46.8 Å². The molecule has 0 fully saturated rings. The van der Waals surface area contributed by atoms with Crippen LogP contribution < -0.4 is 4.74 Å². The molecule has 0 bridgehead atoms. The van der Waals surface area contributed by atoms with Gasteiger partial charge in [-0.2, -0.15) is 0 Å². The molecule has 0 atom stereocenters. The fraction of sp³-hybridized carbons (Fsp3) is 0.316. The molecule has 0 aliphatic heterocycles. The molecular formula is C19H22O2. The van der Waals surface area contributed by atoms with E-state index >= 15 is 0 Å². The zero-order valence-corrected chi connectivity index (χ0v) is 13.1. The van der Waals surface area contributed by atoms with E-state index in [0.29, 0.717) is 5.92 Å². The van der Waals surface area contributed by atoms with Crippen molar-refractivity contribution < 1.29 is 9.53 Å². The molecule has 0 aromatic heterocycles. The molecule has 2 aromatic carbocycles. The van der Waals surface area contributed by atoms with Crippen molar-refractivity contribution in [2.24, 2.45) is 0 Å². The Morgan fingerprint density at radius 1 is 1.10 bits per heavy atom. The highest BCUT2D eigenvalue weighted by Gasteiger charge is 2.10. The highest BCUT2D eigenvalue weighted by atomic mass is 16.5. The smallest absolute Gasteiger partial charge is 0.200 e. The minimum Gasteiger partial charge on any atom is -0.485 e. The average molecular weight is 282 g/mol. The fourth-order valence-electron chi connectivity index (χ4n) is 2.23. The van der Waals surface area contributed by atoms with Crippen LogP contribution in [0.5, 0.6) is 5.75 Å². The lowest BCUT2D eigenvalue weighted by molar-refractivity contribution is 0.0920. The molecule has 0 aliphatic rings. The molecule has 0 saturated carbocycles. The molecule has 2 heteroatoms. The number of hydrogen-bond acceptors (Lipinski definition) is 2. The van der Waals surface area contributed by atoms with Crippen LogP contribution in [-0.2, 0) is 0 Å². The van der Waals surface area contributed by atoms with Crippen LogP contribution >= 0.6 is 0 Å². The molecule has 21 heavy (non-hydrogen) atoms.